The number of carbonyl (C=O) groups is 2. The zero-order valence-electron chi connectivity index (χ0n) is 21.2. The first-order valence-electron chi connectivity index (χ1n) is 11.1. The van der Waals surface area contributed by atoms with Crippen LogP contribution >= 0.6 is 0 Å². The van der Waals surface area contributed by atoms with Crippen molar-refractivity contribution in [3.63, 3.8) is 0 Å². The molecule has 0 bridgehead atoms. The minimum absolute atomic E-state index is 0.00343. The van der Waals surface area contributed by atoms with Crippen LogP contribution in [-0.4, -0.2) is 82.2 Å². The summed E-state index contributed by atoms with van der Waals surface area (Å²) in [7, 11) is 9.79. The first-order chi connectivity index (χ1) is 16.7. The number of ether oxygens (including phenoxy) is 4. The number of Topliss-reactive ketones (excluding diaryl/α,β-unsaturated/α-hetero) is 1. The first-order valence-corrected chi connectivity index (χ1v) is 11.1. The minimum Gasteiger partial charge on any atom is -0.507 e. The Kier molecular flexibility index (Phi) is 7.91. The van der Waals surface area contributed by atoms with Gasteiger partial charge in [0.15, 0.2) is 11.5 Å². The molecule has 3 rings (SSSR count). The number of nitrogens with zero attached hydrogens (tertiary/aromatic N) is 2. The molecule has 1 saturated heterocycles. The van der Waals surface area contributed by atoms with E-state index in [1.165, 1.54) is 26.2 Å². The number of aliphatic hydroxyl groups is 1. The number of hydrogen-bond donors (Lipinski definition) is 1. The number of rotatable bonds is 9. The molecule has 0 aromatic heterocycles. The standard InChI is InChI=1S/C26H32N2O7/c1-15-12-17(32-4)8-9-18(15)23(29)21-22(28(11-10-27(2)3)26(31)24(21)30)16-13-19(33-5)25(35-7)20(14-16)34-6/h8-9,12-14,22,29H,10-11H2,1-7H3/t22-/m1/s1. The van der Waals surface area contributed by atoms with E-state index in [2.05, 4.69) is 0 Å². The van der Waals surface area contributed by atoms with Gasteiger partial charge in [-0.1, -0.05) is 0 Å². The predicted molar refractivity (Wildman–Crippen MR) is 131 cm³/mol. The van der Waals surface area contributed by atoms with E-state index in [1.807, 2.05) is 19.0 Å². The Balaban J connectivity index is 2.27. The number of benzene rings is 2. The van der Waals surface area contributed by atoms with Gasteiger partial charge >= 0.3 is 0 Å². The average molecular weight is 485 g/mol. The fraction of sp³-hybridized carbons (Fsp3) is 0.385. The third-order valence-corrected chi connectivity index (χ3v) is 6.02. The number of aliphatic hydroxyl groups excluding tert-OH is 1. The largest absolute Gasteiger partial charge is 0.507 e. The molecular formula is C26H32N2O7. The summed E-state index contributed by atoms with van der Waals surface area (Å²) in [5.41, 5.74) is 1.68. The molecule has 2 aromatic rings. The van der Waals surface area contributed by atoms with Crippen LogP contribution < -0.4 is 18.9 Å². The highest BCUT2D eigenvalue weighted by molar-refractivity contribution is 6.46. The van der Waals surface area contributed by atoms with E-state index >= 15 is 0 Å². The number of amides is 1. The van der Waals surface area contributed by atoms with Crippen molar-refractivity contribution in [3.8, 4) is 23.0 Å². The van der Waals surface area contributed by atoms with E-state index in [9.17, 15) is 14.7 Å². The molecule has 1 aliphatic rings. The highest BCUT2D eigenvalue weighted by Gasteiger charge is 2.46. The Morgan fingerprint density at radius 1 is 0.971 bits per heavy atom. The molecule has 0 unspecified atom stereocenters. The molecule has 1 aliphatic heterocycles. The predicted octanol–water partition coefficient (Wildman–Crippen LogP) is 3.01. The smallest absolute Gasteiger partial charge is 0.295 e. The van der Waals surface area contributed by atoms with Gasteiger partial charge in [-0.05, 0) is 62.5 Å². The molecule has 1 fully saturated rings. The Labute approximate surface area is 205 Å². The van der Waals surface area contributed by atoms with Crippen molar-refractivity contribution in [3.05, 3.63) is 52.6 Å². The molecule has 0 spiro atoms. The van der Waals surface area contributed by atoms with Crippen LogP contribution in [0.3, 0.4) is 0 Å². The summed E-state index contributed by atoms with van der Waals surface area (Å²) in [4.78, 5) is 29.8. The molecule has 188 valence electrons. The Morgan fingerprint density at radius 2 is 1.60 bits per heavy atom. The maximum atomic E-state index is 13.3. The Hall–Kier alpha value is -3.72. The quantitative estimate of drug-likeness (QED) is 0.330. The van der Waals surface area contributed by atoms with Crippen molar-refractivity contribution < 1.29 is 33.6 Å². The molecule has 1 amide bonds. The second-order valence-corrected chi connectivity index (χ2v) is 8.44. The number of likely N-dealkylation sites (tertiary alicyclic amines) is 1. The SMILES string of the molecule is COc1ccc(C(O)=C2C(=O)C(=O)N(CCN(C)C)[C@@H]2c2cc(OC)c(OC)c(OC)c2)c(C)c1. The van der Waals surface area contributed by atoms with Crippen molar-refractivity contribution in [1.29, 1.82) is 0 Å². The van der Waals surface area contributed by atoms with Gasteiger partial charge < -0.3 is 33.9 Å². The van der Waals surface area contributed by atoms with E-state index in [-0.39, 0.29) is 17.9 Å². The maximum absolute atomic E-state index is 13.3. The van der Waals surface area contributed by atoms with E-state index in [0.29, 0.717) is 46.2 Å². The van der Waals surface area contributed by atoms with Crippen LogP contribution in [0.2, 0.25) is 0 Å². The maximum Gasteiger partial charge on any atom is 0.295 e. The van der Waals surface area contributed by atoms with Crippen LogP contribution in [0.4, 0.5) is 0 Å². The van der Waals surface area contributed by atoms with E-state index in [4.69, 9.17) is 18.9 Å². The number of aryl methyl sites for hydroxylation is 1. The van der Waals surface area contributed by atoms with Crippen molar-refractivity contribution in [2.24, 2.45) is 0 Å². The highest BCUT2D eigenvalue weighted by Crippen LogP contribution is 2.45. The molecule has 35 heavy (non-hydrogen) atoms. The van der Waals surface area contributed by atoms with E-state index in [1.54, 1.807) is 44.4 Å². The minimum atomic E-state index is -0.856. The fourth-order valence-electron chi connectivity index (χ4n) is 4.20. The van der Waals surface area contributed by atoms with Crippen LogP contribution in [-0.2, 0) is 9.59 Å². The van der Waals surface area contributed by atoms with Crippen LogP contribution in [0.15, 0.2) is 35.9 Å². The van der Waals surface area contributed by atoms with Gasteiger partial charge in [-0.15, -0.1) is 0 Å². The Morgan fingerprint density at radius 3 is 2.09 bits per heavy atom. The van der Waals surface area contributed by atoms with Gasteiger partial charge in [-0.3, -0.25) is 9.59 Å². The normalized spacial score (nSPS) is 17.1. The zero-order chi connectivity index (χ0) is 25.9. The topological polar surface area (TPSA) is 97.8 Å². The zero-order valence-corrected chi connectivity index (χ0v) is 21.2. The fourth-order valence-corrected chi connectivity index (χ4v) is 4.20. The van der Waals surface area contributed by atoms with Crippen LogP contribution in [0.1, 0.15) is 22.7 Å². The molecule has 2 aromatic carbocycles. The molecule has 1 atom stereocenters. The second kappa shape index (κ2) is 10.7. The molecule has 0 radical (unpaired) electrons. The number of ketones is 1. The highest BCUT2D eigenvalue weighted by atomic mass is 16.5. The summed E-state index contributed by atoms with van der Waals surface area (Å²) in [6.07, 6.45) is 0. The summed E-state index contributed by atoms with van der Waals surface area (Å²) >= 11 is 0. The van der Waals surface area contributed by atoms with Crippen molar-refractivity contribution in [2.75, 3.05) is 55.6 Å². The van der Waals surface area contributed by atoms with Gasteiger partial charge in [-0.25, -0.2) is 0 Å². The van der Waals surface area contributed by atoms with E-state index in [0.717, 1.165) is 0 Å². The number of hydrogen-bond acceptors (Lipinski definition) is 8. The molecule has 0 aliphatic carbocycles. The lowest BCUT2D eigenvalue weighted by atomic mass is 9.93. The summed E-state index contributed by atoms with van der Waals surface area (Å²) in [5.74, 6) is 0.0613. The number of likely N-dealkylation sites (N-methyl/N-ethyl adjacent to an activating group) is 1. The third-order valence-electron chi connectivity index (χ3n) is 6.02. The van der Waals surface area contributed by atoms with Gasteiger partial charge in [0.25, 0.3) is 11.7 Å². The first kappa shape index (κ1) is 25.9. The van der Waals surface area contributed by atoms with Crippen molar-refractivity contribution in [1.82, 2.24) is 9.80 Å². The average Bonchev–Trinajstić information content (AvgIpc) is 3.10. The molecule has 0 saturated carbocycles. The molecule has 9 heteroatoms. The van der Waals surface area contributed by atoms with Crippen molar-refractivity contribution >= 4 is 17.4 Å². The van der Waals surface area contributed by atoms with E-state index < -0.39 is 17.7 Å². The van der Waals surface area contributed by atoms with Crippen LogP contribution in [0.25, 0.3) is 5.76 Å². The summed E-state index contributed by atoms with van der Waals surface area (Å²) in [6, 6.07) is 7.64. The second-order valence-electron chi connectivity index (χ2n) is 8.44. The number of methoxy groups -OCH3 is 4. The van der Waals surface area contributed by atoms with Crippen LogP contribution in [0.5, 0.6) is 23.0 Å². The van der Waals surface area contributed by atoms with Crippen molar-refractivity contribution in [2.45, 2.75) is 13.0 Å². The lowest BCUT2D eigenvalue weighted by Gasteiger charge is -2.27. The number of carbonyl (C=O) groups excluding carboxylic acids is 2. The van der Waals surface area contributed by atoms with Gasteiger partial charge in [0.05, 0.1) is 40.1 Å². The molecule has 9 nitrogen and oxygen atoms in total. The van der Waals surface area contributed by atoms with Gasteiger partial charge in [0.2, 0.25) is 5.75 Å². The molecule has 1 heterocycles. The summed E-state index contributed by atoms with van der Waals surface area (Å²) in [6.45, 7) is 2.60. The molecule has 1 N–H and O–H groups in total. The van der Waals surface area contributed by atoms with Crippen LogP contribution in [0, 0.1) is 6.92 Å². The Bertz CT molecular complexity index is 1130. The summed E-state index contributed by atoms with van der Waals surface area (Å²) in [5, 5.41) is 11.4. The lowest BCUT2D eigenvalue weighted by molar-refractivity contribution is -0.140. The van der Waals surface area contributed by atoms with Gasteiger partial charge in [0, 0.05) is 18.7 Å². The summed E-state index contributed by atoms with van der Waals surface area (Å²) < 4.78 is 21.7. The van der Waals surface area contributed by atoms with Gasteiger partial charge in [0.1, 0.15) is 11.5 Å². The van der Waals surface area contributed by atoms with Gasteiger partial charge in [-0.2, -0.15) is 0 Å². The molecular weight excluding hydrogens is 452 g/mol. The monoisotopic (exact) mass is 484 g/mol. The third kappa shape index (κ3) is 4.90. The lowest BCUT2D eigenvalue weighted by Crippen LogP contribution is -2.35.